The lowest BCUT2D eigenvalue weighted by Gasteiger charge is -2.27. The van der Waals surface area contributed by atoms with Crippen molar-refractivity contribution in [3.63, 3.8) is 0 Å². The van der Waals surface area contributed by atoms with Crippen molar-refractivity contribution in [1.29, 1.82) is 10.8 Å². The van der Waals surface area contributed by atoms with Crippen LogP contribution in [0.15, 0.2) is 0 Å². The molecule has 0 heterocycles. The Morgan fingerprint density at radius 3 is 1.59 bits per heavy atom. The molecule has 0 aliphatic heterocycles. The lowest BCUT2D eigenvalue weighted by Crippen LogP contribution is -2.14. The highest BCUT2D eigenvalue weighted by molar-refractivity contribution is 5.26. The maximum Gasteiger partial charge on any atom is 0.231 e. The molecular formula is C13H26N2O2. The largest absolute Gasteiger partial charge is 0.231 e. The van der Waals surface area contributed by atoms with Gasteiger partial charge in [0, 0.05) is 0 Å². The summed E-state index contributed by atoms with van der Waals surface area (Å²) in [5.41, 5.74) is 0.644. The Balaban J connectivity index is -0.000000273. The average Bonchev–Trinajstić information content (AvgIpc) is 2.29. The Labute approximate surface area is 105 Å². The van der Waals surface area contributed by atoms with Gasteiger partial charge in [0.2, 0.25) is 12.2 Å². The summed E-state index contributed by atoms with van der Waals surface area (Å²) in [6.45, 7) is 9.33. The second-order valence-corrected chi connectivity index (χ2v) is 4.22. The second kappa shape index (κ2) is 17.2. The number of carbonyl (C=O) groups excluding carboxylic acids is 2. The van der Waals surface area contributed by atoms with Crippen LogP contribution in [0.1, 0.15) is 66.2 Å². The highest BCUT2D eigenvalue weighted by Gasteiger charge is 2.19. The van der Waals surface area contributed by atoms with E-state index in [2.05, 4.69) is 27.7 Å². The van der Waals surface area contributed by atoms with Crippen LogP contribution in [0.2, 0.25) is 0 Å². The van der Waals surface area contributed by atoms with Crippen LogP contribution in [0.4, 0.5) is 0 Å². The van der Waals surface area contributed by atoms with E-state index in [9.17, 15) is 0 Å². The molecule has 1 atom stereocenters. The van der Waals surface area contributed by atoms with Crippen molar-refractivity contribution in [3.8, 4) is 0 Å². The lowest BCUT2D eigenvalue weighted by molar-refractivity contribution is 0.250. The van der Waals surface area contributed by atoms with Crippen LogP contribution in [-0.4, -0.2) is 12.2 Å². The lowest BCUT2D eigenvalue weighted by atomic mass is 9.79. The molecule has 0 aliphatic rings. The van der Waals surface area contributed by atoms with E-state index in [1.165, 1.54) is 38.5 Å². The molecule has 100 valence electrons. The van der Waals surface area contributed by atoms with E-state index in [-0.39, 0.29) is 0 Å². The average molecular weight is 242 g/mol. The molecule has 0 rings (SSSR count). The van der Waals surface area contributed by atoms with Gasteiger partial charge in [-0.1, -0.05) is 53.4 Å². The molecule has 2 N–H and O–H groups in total. The van der Waals surface area contributed by atoms with Gasteiger partial charge in [0.1, 0.15) is 0 Å². The van der Waals surface area contributed by atoms with Gasteiger partial charge in [-0.2, -0.15) is 0 Å². The second-order valence-electron chi connectivity index (χ2n) is 4.22. The van der Waals surface area contributed by atoms with E-state index in [1.54, 1.807) is 0 Å². The molecule has 1 unspecified atom stereocenters. The Morgan fingerprint density at radius 1 is 0.941 bits per heavy atom. The van der Waals surface area contributed by atoms with Gasteiger partial charge in [-0.3, -0.25) is 0 Å². The highest BCUT2D eigenvalue weighted by Crippen LogP contribution is 2.32. The molecular weight excluding hydrogens is 216 g/mol. The molecule has 0 aromatic rings. The Kier molecular flexibility index (Phi) is 21.3. The normalized spacial score (nSPS) is 11.5. The standard InChI is InChI=1S/C11H24.2CHNO/c1-5-8-10-11(4,7-3)9-6-2;2*2-1-3/h5-10H2,1-4H3;2*2H. The number of rotatable bonds is 6. The van der Waals surface area contributed by atoms with Crippen molar-refractivity contribution in [2.75, 3.05) is 0 Å². The third-order valence-corrected chi connectivity index (χ3v) is 2.84. The van der Waals surface area contributed by atoms with Gasteiger partial charge >= 0.3 is 0 Å². The van der Waals surface area contributed by atoms with E-state index < -0.39 is 0 Å². The SMILES string of the molecule is CCCCC(C)(CC)CCC.N=C=O.N=C=O. The summed E-state index contributed by atoms with van der Waals surface area (Å²) in [5, 5.41) is 10.8. The molecule has 4 nitrogen and oxygen atoms in total. The molecule has 0 amide bonds. The molecule has 0 radical (unpaired) electrons. The van der Waals surface area contributed by atoms with E-state index in [1.807, 2.05) is 0 Å². The Morgan fingerprint density at radius 2 is 1.35 bits per heavy atom. The maximum absolute atomic E-state index is 8.35. The van der Waals surface area contributed by atoms with Gasteiger partial charge in [0.15, 0.2) is 0 Å². The van der Waals surface area contributed by atoms with Crippen LogP contribution in [0.25, 0.3) is 0 Å². The zero-order valence-corrected chi connectivity index (χ0v) is 11.6. The summed E-state index contributed by atoms with van der Waals surface area (Å²) in [6.07, 6.45) is 9.77. The minimum absolute atomic E-state index is 0.644. The predicted molar refractivity (Wildman–Crippen MR) is 69.7 cm³/mol. The molecule has 17 heavy (non-hydrogen) atoms. The zero-order valence-electron chi connectivity index (χ0n) is 11.6. The smallest absolute Gasteiger partial charge is 0.222 e. The molecule has 0 saturated carbocycles. The summed E-state index contributed by atoms with van der Waals surface area (Å²) in [5.74, 6) is 0. The van der Waals surface area contributed by atoms with Crippen LogP contribution in [-0.2, 0) is 9.59 Å². The fourth-order valence-corrected chi connectivity index (χ4v) is 1.69. The minimum Gasteiger partial charge on any atom is -0.222 e. The van der Waals surface area contributed by atoms with Gasteiger partial charge in [-0.15, -0.1) is 0 Å². The van der Waals surface area contributed by atoms with E-state index in [0.29, 0.717) is 5.41 Å². The first kappa shape index (κ1) is 21.1. The molecule has 0 spiro atoms. The Hall–Kier alpha value is -1.24. The van der Waals surface area contributed by atoms with Crippen molar-refractivity contribution in [1.82, 2.24) is 0 Å². The van der Waals surface area contributed by atoms with E-state index in [0.717, 1.165) is 12.2 Å². The molecule has 0 aromatic carbocycles. The number of hydrogen-bond donors (Lipinski definition) is 2. The third kappa shape index (κ3) is 20.8. The minimum atomic E-state index is 0.644. The van der Waals surface area contributed by atoms with Crippen LogP contribution in [0.5, 0.6) is 0 Å². The quantitative estimate of drug-likeness (QED) is 0.540. The fraction of sp³-hybridized carbons (Fsp3) is 0.846. The van der Waals surface area contributed by atoms with Crippen molar-refractivity contribution < 1.29 is 9.59 Å². The molecule has 4 heteroatoms. The third-order valence-electron chi connectivity index (χ3n) is 2.84. The van der Waals surface area contributed by atoms with Crippen LogP contribution in [0, 0.1) is 16.2 Å². The first-order chi connectivity index (χ1) is 8.01. The van der Waals surface area contributed by atoms with E-state index in [4.69, 9.17) is 20.4 Å². The maximum atomic E-state index is 8.35. The number of nitrogens with one attached hydrogen (secondary N) is 2. The molecule has 0 bridgehead atoms. The molecule has 0 aliphatic carbocycles. The monoisotopic (exact) mass is 242 g/mol. The van der Waals surface area contributed by atoms with Crippen LogP contribution >= 0.6 is 0 Å². The van der Waals surface area contributed by atoms with Crippen molar-refractivity contribution >= 4 is 12.2 Å². The van der Waals surface area contributed by atoms with Crippen LogP contribution in [0.3, 0.4) is 0 Å². The van der Waals surface area contributed by atoms with Gasteiger partial charge in [0.05, 0.1) is 0 Å². The predicted octanol–water partition coefficient (Wildman–Crippen LogP) is 4.19. The molecule has 0 aromatic heterocycles. The fourth-order valence-electron chi connectivity index (χ4n) is 1.69. The van der Waals surface area contributed by atoms with Gasteiger partial charge in [-0.05, 0) is 18.3 Å². The van der Waals surface area contributed by atoms with Crippen molar-refractivity contribution in [3.05, 3.63) is 0 Å². The van der Waals surface area contributed by atoms with Crippen LogP contribution < -0.4 is 0 Å². The molecule has 0 fully saturated rings. The van der Waals surface area contributed by atoms with Gasteiger partial charge in [-0.25, -0.2) is 20.4 Å². The number of isocyanates is 2. The van der Waals surface area contributed by atoms with Gasteiger partial charge in [0.25, 0.3) is 0 Å². The summed E-state index contributed by atoms with van der Waals surface area (Å²) < 4.78 is 0. The molecule has 0 saturated heterocycles. The summed E-state index contributed by atoms with van der Waals surface area (Å²) in [6, 6.07) is 0. The Bertz CT molecular complexity index is 205. The van der Waals surface area contributed by atoms with Gasteiger partial charge < -0.3 is 0 Å². The summed E-state index contributed by atoms with van der Waals surface area (Å²) in [7, 11) is 0. The van der Waals surface area contributed by atoms with E-state index >= 15 is 0 Å². The van der Waals surface area contributed by atoms with Crippen molar-refractivity contribution in [2.45, 2.75) is 66.2 Å². The van der Waals surface area contributed by atoms with Crippen molar-refractivity contribution in [2.24, 2.45) is 5.41 Å². The first-order valence-electron chi connectivity index (χ1n) is 6.09. The number of hydrogen-bond acceptors (Lipinski definition) is 4. The topological polar surface area (TPSA) is 81.8 Å². The summed E-state index contributed by atoms with van der Waals surface area (Å²) >= 11 is 0. The summed E-state index contributed by atoms with van der Waals surface area (Å²) in [4.78, 5) is 16.7. The zero-order chi connectivity index (χ0) is 14.2. The number of unbranched alkanes of at least 4 members (excludes halogenated alkanes) is 1. The first-order valence-corrected chi connectivity index (χ1v) is 6.09. The highest BCUT2D eigenvalue weighted by atomic mass is 16.1.